The fraction of sp³-hybridized carbons (Fsp3) is 0.0833. The summed E-state index contributed by atoms with van der Waals surface area (Å²) in [7, 11) is 0. The summed E-state index contributed by atoms with van der Waals surface area (Å²) in [5, 5.41) is 7.41. The first kappa shape index (κ1) is 10.5. The molecule has 0 fully saturated rings. The van der Waals surface area contributed by atoms with Crippen LogP contribution in [0.2, 0.25) is 0 Å². The lowest BCUT2D eigenvalue weighted by molar-refractivity contribution is 0.0950. The number of hydrogen-bond donors (Lipinski definition) is 2. The normalized spacial score (nSPS) is 10.7. The second-order valence-corrected chi connectivity index (χ2v) is 3.81. The summed E-state index contributed by atoms with van der Waals surface area (Å²) in [4.78, 5) is 18.8. The van der Waals surface area contributed by atoms with E-state index in [1.165, 1.54) is 6.39 Å². The predicted molar refractivity (Wildman–Crippen MR) is 63.8 cm³/mol. The lowest BCUT2D eigenvalue weighted by Gasteiger charge is -2.02. The summed E-state index contributed by atoms with van der Waals surface area (Å²) in [6, 6.07) is 7.44. The van der Waals surface area contributed by atoms with E-state index in [4.69, 9.17) is 0 Å². The third kappa shape index (κ3) is 1.95. The predicted octanol–water partition coefficient (Wildman–Crippen LogP) is 1.48. The van der Waals surface area contributed by atoms with E-state index in [0.29, 0.717) is 11.4 Å². The second-order valence-electron chi connectivity index (χ2n) is 3.81. The van der Waals surface area contributed by atoms with Crippen molar-refractivity contribution in [2.24, 2.45) is 0 Å². The van der Waals surface area contributed by atoms with Gasteiger partial charge < -0.3 is 14.8 Å². The average Bonchev–Trinajstić information content (AvgIpc) is 3.05. The molecule has 0 aliphatic rings. The van der Waals surface area contributed by atoms with E-state index >= 15 is 0 Å². The molecule has 6 heteroatoms. The molecule has 2 aromatic heterocycles. The molecular formula is C12H10N4O2. The molecule has 3 aromatic rings. The van der Waals surface area contributed by atoms with Gasteiger partial charge in [-0.05, 0) is 23.6 Å². The zero-order chi connectivity index (χ0) is 12.4. The van der Waals surface area contributed by atoms with Crippen molar-refractivity contribution in [2.45, 2.75) is 6.54 Å². The van der Waals surface area contributed by atoms with E-state index in [9.17, 15) is 4.79 Å². The highest BCUT2D eigenvalue weighted by Crippen LogP contribution is 2.14. The fourth-order valence-corrected chi connectivity index (χ4v) is 1.72. The molecule has 2 N–H and O–H groups in total. The van der Waals surface area contributed by atoms with E-state index in [1.54, 1.807) is 12.1 Å². The number of nitrogens with zero attached hydrogens (tertiary/aromatic N) is 2. The number of rotatable bonds is 3. The van der Waals surface area contributed by atoms with Crippen molar-refractivity contribution >= 4 is 16.8 Å². The molecule has 0 unspecified atom stereocenters. The number of aromatic nitrogens is 3. The van der Waals surface area contributed by atoms with Crippen LogP contribution in [0.15, 0.2) is 41.4 Å². The Morgan fingerprint density at radius 2 is 2.33 bits per heavy atom. The monoisotopic (exact) mass is 242 g/mol. The Kier molecular flexibility index (Phi) is 2.53. The van der Waals surface area contributed by atoms with Crippen molar-refractivity contribution < 1.29 is 9.32 Å². The molecule has 1 aromatic carbocycles. The SMILES string of the molecule is O=C(NCc1ncon1)c1ccc2cc[nH]c2c1. The number of hydrogen-bond acceptors (Lipinski definition) is 4. The topological polar surface area (TPSA) is 83.8 Å². The summed E-state index contributed by atoms with van der Waals surface area (Å²) in [6.07, 6.45) is 3.07. The Balaban J connectivity index is 1.75. The van der Waals surface area contributed by atoms with Crippen molar-refractivity contribution in [3.63, 3.8) is 0 Å². The van der Waals surface area contributed by atoms with Gasteiger partial charge in [-0.3, -0.25) is 4.79 Å². The van der Waals surface area contributed by atoms with E-state index in [2.05, 4.69) is 25.0 Å². The van der Waals surface area contributed by atoms with E-state index in [-0.39, 0.29) is 12.5 Å². The molecule has 18 heavy (non-hydrogen) atoms. The van der Waals surface area contributed by atoms with Gasteiger partial charge in [-0.15, -0.1) is 0 Å². The molecule has 0 aliphatic carbocycles. The van der Waals surface area contributed by atoms with Crippen molar-refractivity contribution in [3.8, 4) is 0 Å². The molecule has 0 saturated heterocycles. The highest BCUT2D eigenvalue weighted by Gasteiger charge is 2.07. The van der Waals surface area contributed by atoms with Crippen LogP contribution in [0, 0.1) is 0 Å². The van der Waals surface area contributed by atoms with Crippen LogP contribution in [-0.4, -0.2) is 21.0 Å². The van der Waals surface area contributed by atoms with Gasteiger partial charge in [-0.1, -0.05) is 11.2 Å². The van der Waals surface area contributed by atoms with Crippen LogP contribution in [-0.2, 0) is 6.54 Å². The van der Waals surface area contributed by atoms with Crippen molar-refractivity contribution in [2.75, 3.05) is 0 Å². The number of benzene rings is 1. The van der Waals surface area contributed by atoms with E-state index in [0.717, 1.165) is 10.9 Å². The highest BCUT2D eigenvalue weighted by atomic mass is 16.5. The van der Waals surface area contributed by atoms with Gasteiger partial charge in [0.05, 0.1) is 6.54 Å². The molecule has 0 bridgehead atoms. The number of carbonyl (C=O) groups excluding carboxylic acids is 1. The maximum absolute atomic E-state index is 11.9. The summed E-state index contributed by atoms with van der Waals surface area (Å²) in [5.74, 6) is 0.278. The van der Waals surface area contributed by atoms with E-state index < -0.39 is 0 Å². The first-order chi connectivity index (χ1) is 8.83. The maximum atomic E-state index is 11.9. The minimum atomic E-state index is -0.170. The van der Waals surface area contributed by atoms with E-state index in [1.807, 2.05) is 18.3 Å². The smallest absolute Gasteiger partial charge is 0.251 e. The largest absolute Gasteiger partial charge is 0.361 e. The molecule has 0 aliphatic heterocycles. The molecular weight excluding hydrogens is 232 g/mol. The molecule has 90 valence electrons. The number of nitrogens with one attached hydrogen (secondary N) is 2. The second kappa shape index (κ2) is 4.33. The molecule has 6 nitrogen and oxygen atoms in total. The van der Waals surface area contributed by atoms with Gasteiger partial charge in [0.1, 0.15) is 0 Å². The van der Waals surface area contributed by atoms with Gasteiger partial charge in [0.25, 0.3) is 5.91 Å². The Bertz CT molecular complexity index is 672. The van der Waals surface area contributed by atoms with Gasteiger partial charge in [-0.25, -0.2) is 0 Å². The summed E-state index contributed by atoms with van der Waals surface area (Å²) >= 11 is 0. The molecule has 0 spiro atoms. The molecule has 2 heterocycles. The van der Waals surface area contributed by atoms with Gasteiger partial charge in [0.2, 0.25) is 6.39 Å². The minimum absolute atomic E-state index is 0.170. The van der Waals surface area contributed by atoms with Crippen LogP contribution in [0.3, 0.4) is 0 Å². The van der Waals surface area contributed by atoms with Gasteiger partial charge in [0, 0.05) is 17.3 Å². The number of H-pyrrole nitrogens is 1. The molecule has 3 rings (SSSR count). The van der Waals surface area contributed by atoms with Crippen LogP contribution in [0.4, 0.5) is 0 Å². The Morgan fingerprint density at radius 3 is 3.17 bits per heavy atom. The maximum Gasteiger partial charge on any atom is 0.251 e. The standard InChI is InChI=1S/C12H10N4O2/c17-12(14-6-11-15-7-18-16-11)9-2-1-8-3-4-13-10(8)5-9/h1-5,7,13H,6H2,(H,14,17). The first-order valence-electron chi connectivity index (χ1n) is 5.43. The zero-order valence-corrected chi connectivity index (χ0v) is 9.38. The Morgan fingerprint density at radius 1 is 1.39 bits per heavy atom. The first-order valence-corrected chi connectivity index (χ1v) is 5.43. The summed E-state index contributed by atoms with van der Waals surface area (Å²) < 4.78 is 4.58. The summed E-state index contributed by atoms with van der Waals surface area (Å²) in [5.41, 5.74) is 1.52. The molecule has 0 saturated carbocycles. The van der Waals surface area contributed by atoms with Gasteiger partial charge >= 0.3 is 0 Å². The third-order valence-electron chi connectivity index (χ3n) is 2.63. The number of amides is 1. The molecule has 0 radical (unpaired) electrons. The average molecular weight is 242 g/mol. The van der Waals surface area contributed by atoms with Crippen LogP contribution >= 0.6 is 0 Å². The number of fused-ring (bicyclic) bond motifs is 1. The minimum Gasteiger partial charge on any atom is -0.361 e. The molecule has 0 atom stereocenters. The van der Waals surface area contributed by atoms with Gasteiger partial charge in [0.15, 0.2) is 5.82 Å². The quantitative estimate of drug-likeness (QED) is 0.728. The van der Waals surface area contributed by atoms with Gasteiger partial charge in [-0.2, -0.15) is 4.98 Å². The fourth-order valence-electron chi connectivity index (χ4n) is 1.72. The lowest BCUT2D eigenvalue weighted by Crippen LogP contribution is -2.23. The van der Waals surface area contributed by atoms with Crippen LogP contribution in [0.25, 0.3) is 10.9 Å². The summed E-state index contributed by atoms with van der Waals surface area (Å²) in [6.45, 7) is 0.248. The van der Waals surface area contributed by atoms with Crippen LogP contribution in [0.5, 0.6) is 0 Å². The van der Waals surface area contributed by atoms with Crippen molar-refractivity contribution in [3.05, 3.63) is 48.2 Å². The Hall–Kier alpha value is -2.63. The number of aromatic amines is 1. The molecule has 1 amide bonds. The lowest BCUT2D eigenvalue weighted by atomic mass is 10.1. The third-order valence-corrected chi connectivity index (χ3v) is 2.63. The van der Waals surface area contributed by atoms with Crippen LogP contribution in [0.1, 0.15) is 16.2 Å². The number of carbonyl (C=O) groups is 1. The van der Waals surface area contributed by atoms with Crippen molar-refractivity contribution in [1.29, 1.82) is 0 Å². The van der Waals surface area contributed by atoms with Crippen molar-refractivity contribution in [1.82, 2.24) is 20.4 Å². The van der Waals surface area contributed by atoms with Crippen LogP contribution < -0.4 is 5.32 Å². The Labute approximate surface area is 102 Å². The highest BCUT2D eigenvalue weighted by molar-refractivity contribution is 5.97. The zero-order valence-electron chi connectivity index (χ0n) is 9.38.